The summed E-state index contributed by atoms with van der Waals surface area (Å²) in [5.41, 5.74) is 0.136. The SMILES string of the molecule is COc1cc(F)cc2[nH]c(C(=O)N[C@@H](CC3(C)CC3)C(=O)N[C@H](C#N)C[C@@H]3CC(C)(C)NC3=O)cc12. The first-order valence-electron chi connectivity index (χ1n) is 12.1. The van der Waals surface area contributed by atoms with Gasteiger partial charge in [-0.25, -0.2) is 4.39 Å². The monoisotopic (exact) mass is 497 g/mol. The molecule has 0 spiro atoms. The fourth-order valence-electron chi connectivity index (χ4n) is 4.90. The van der Waals surface area contributed by atoms with Crippen molar-refractivity contribution in [3.63, 3.8) is 0 Å². The van der Waals surface area contributed by atoms with Gasteiger partial charge in [0.05, 0.1) is 18.7 Å². The molecule has 3 amide bonds. The number of halogens is 1. The van der Waals surface area contributed by atoms with Gasteiger partial charge in [-0.1, -0.05) is 6.92 Å². The van der Waals surface area contributed by atoms with E-state index in [0.717, 1.165) is 12.8 Å². The lowest BCUT2D eigenvalue weighted by Gasteiger charge is -2.23. The van der Waals surface area contributed by atoms with Gasteiger partial charge in [0, 0.05) is 22.9 Å². The zero-order valence-corrected chi connectivity index (χ0v) is 21.0. The Hall–Kier alpha value is -3.61. The number of ether oxygens (including phenoxy) is 1. The summed E-state index contributed by atoms with van der Waals surface area (Å²) in [7, 11) is 1.42. The van der Waals surface area contributed by atoms with Gasteiger partial charge in [0.2, 0.25) is 11.8 Å². The zero-order chi connectivity index (χ0) is 26.3. The molecule has 0 radical (unpaired) electrons. The molecule has 1 aliphatic carbocycles. The predicted octanol–water partition coefficient (Wildman–Crippen LogP) is 2.92. The van der Waals surface area contributed by atoms with Gasteiger partial charge >= 0.3 is 0 Å². The van der Waals surface area contributed by atoms with E-state index >= 15 is 0 Å². The van der Waals surface area contributed by atoms with Crippen LogP contribution < -0.4 is 20.7 Å². The zero-order valence-electron chi connectivity index (χ0n) is 21.0. The summed E-state index contributed by atoms with van der Waals surface area (Å²) in [5.74, 6) is -1.72. The van der Waals surface area contributed by atoms with Gasteiger partial charge in [0.1, 0.15) is 29.3 Å². The first kappa shape index (κ1) is 25.5. The Balaban J connectivity index is 1.48. The van der Waals surface area contributed by atoms with Crippen molar-refractivity contribution < 1.29 is 23.5 Å². The van der Waals surface area contributed by atoms with Crippen LogP contribution in [0.4, 0.5) is 4.39 Å². The lowest BCUT2D eigenvalue weighted by atomic mass is 9.91. The summed E-state index contributed by atoms with van der Waals surface area (Å²) in [5, 5.41) is 18.6. The Bertz CT molecular complexity index is 1240. The van der Waals surface area contributed by atoms with Crippen LogP contribution in [0.25, 0.3) is 10.9 Å². The van der Waals surface area contributed by atoms with Crippen LogP contribution in [0.5, 0.6) is 5.75 Å². The van der Waals surface area contributed by atoms with E-state index in [1.807, 2.05) is 20.8 Å². The number of nitriles is 1. The highest BCUT2D eigenvalue weighted by molar-refractivity contribution is 6.01. The summed E-state index contributed by atoms with van der Waals surface area (Å²) >= 11 is 0. The van der Waals surface area contributed by atoms with Gasteiger partial charge in [0.15, 0.2) is 0 Å². The molecule has 1 aromatic heterocycles. The number of aromatic amines is 1. The van der Waals surface area contributed by atoms with Crippen molar-refractivity contribution in [1.29, 1.82) is 5.26 Å². The summed E-state index contributed by atoms with van der Waals surface area (Å²) in [6.45, 7) is 5.88. The van der Waals surface area contributed by atoms with Gasteiger partial charge in [-0.3, -0.25) is 14.4 Å². The molecule has 2 heterocycles. The molecule has 4 N–H and O–H groups in total. The molecule has 9 nitrogen and oxygen atoms in total. The maximum atomic E-state index is 13.9. The van der Waals surface area contributed by atoms with E-state index in [1.54, 1.807) is 6.07 Å². The first-order chi connectivity index (χ1) is 16.9. The lowest BCUT2D eigenvalue weighted by Crippen LogP contribution is -2.50. The standard InChI is InChI=1S/C26H32FN5O4/c1-25(2)11-14(22(33)32-25)7-16(13-28)29-24(35)20(12-26(3)5-6-26)31-23(34)19-10-17-18(30-19)8-15(27)9-21(17)36-4/h8-10,14,16,20,30H,5-7,11-12H2,1-4H3,(H,29,35)(H,31,34)(H,32,33)/t14-,16+,20+/m1/s1. The van der Waals surface area contributed by atoms with Gasteiger partial charge in [-0.05, 0) is 63.5 Å². The normalized spacial score (nSPS) is 21.2. The molecular weight excluding hydrogens is 465 g/mol. The maximum absolute atomic E-state index is 13.9. The fraction of sp³-hybridized carbons (Fsp3) is 0.538. The Morgan fingerprint density at radius 3 is 2.56 bits per heavy atom. The average molecular weight is 498 g/mol. The minimum Gasteiger partial charge on any atom is -0.496 e. The van der Waals surface area contributed by atoms with Crippen LogP contribution in [0.2, 0.25) is 0 Å². The highest BCUT2D eigenvalue weighted by Gasteiger charge is 2.43. The molecule has 4 rings (SSSR count). The number of nitrogens with zero attached hydrogens (tertiary/aromatic N) is 1. The molecule has 1 saturated carbocycles. The number of aromatic nitrogens is 1. The second-order valence-corrected chi connectivity index (χ2v) is 11.0. The summed E-state index contributed by atoms with van der Waals surface area (Å²) in [4.78, 5) is 41.5. The van der Waals surface area contributed by atoms with Crippen molar-refractivity contribution in [2.75, 3.05) is 7.11 Å². The van der Waals surface area contributed by atoms with Crippen LogP contribution >= 0.6 is 0 Å². The molecule has 2 aliphatic rings. The highest BCUT2D eigenvalue weighted by Crippen LogP contribution is 2.49. The summed E-state index contributed by atoms with van der Waals surface area (Å²) in [6.07, 6.45) is 3.06. The van der Waals surface area contributed by atoms with E-state index in [1.165, 1.54) is 19.2 Å². The number of methoxy groups -OCH3 is 1. The van der Waals surface area contributed by atoms with E-state index in [9.17, 15) is 24.0 Å². The second-order valence-electron chi connectivity index (χ2n) is 11.0. The van der Waals surface area contributed by atoms with Gasteiger partial charge in [-0.2, -0.15) is 5.26 Å². The van der Waals surface area contributed by atoms with Crippen LogP contribution in [-0.4, -0.2) is 47.4 Å². The summed E-state index contributed by atoms with van der Waals surface area (Å²) < 4.78 is 19.1. The molecule has 2 fully saturated rings. The molecule has 192 valence electrons. The fourth-order valence-corrected chi connectivity index (χ4v) is 4.90. The number of nitrogens with one attached hydrogen (secondary N) is 4. The van der Waals surface area contributed by atoms with Gasteiger partial charge in [0.25, 0.3) is 5.91 Å². The number of benzene rings is 1. The first-order valence-corrected chi connectivity index (χ1v) is 12.1. The largest absolute Gasteiger partial charge is 0.496 e. The molecule has 3 atom stereocenters. The minimum absolute atomic E-state index is 0.0699. The van der Waals surface area contributed by atoms with Crippen LogP contribution in [0, 0.1) is 28.5 Å². The average Bonchev–Trinajstić information content (AvgIpc) is 3.26. The van der Waals surface area contributed by atoms with Gasteiger partial charge < -0.3 is 25.7 Å². The molecule has 10 heteroatoms. The number of carbonyl (C=O) groups is 3. The quantitative estimate of drug-likeness (QED) is 0.422. The van der Waals surface area contributed by atoms with Crippen molar-refractivity contribution in [3.05, 3.63) is 29.7 Å². The van der Waals surface area contributed by atoms with Gasteiger partial charge in [-0.15, -0.1) is 0 Å². The number of hydrogen-bond donors (Lipinski definition) is 4. The van der Waals surface area contributed by atoms with Crippen molar-refractivity contribution in [1.82, 2.24) is 20.9 Å². The minimum atomic E-state index is -0.875. The van der Waals surface area contributed by atoms with Crippen molar-refractivity contribution >= 4 is 28.6 Å². The third-order valence-electron chi connectivity index (χ3n) is 7.13. The molecule has 0 bridgehead atoms. The van der Waals surface area contributed by atoms with Crippen LogP contribution in [0.3, 0.4) is 0 Å². The van der Waals surface area contributed by atoms with Crippen LogP contribution in [-0.2, 0) is 9.59 Å². The molecule has 1 aliphatic heterocycles. The number of amides is 3. The predicted molar refractivity (Wildman–Crippen MR) is 131 cm³/mol. The maximum Gasteiger partial charge on any atom is 0.268 e. The smallest absolute Gasteiger partial charge is 0.268 e. The van der Waals surface area contributed by atoms with Crippen molar-refractivity contribution in [3.8, 4) is 11.8 Å². The third kappa shape index (κ3) is 5.61. The van der Waals surface area contributed by atoms with Crippen LogP contribution in [0.15, 0.2) is 18.2 Å². The Labute approximate surface area is 209 Å². The highest BCUT2D eigenvalue weighted by atomic mass is 19.1. The Kier molecular flexibility index (Phi) is 6.69. The number of carbonyl (C=O) groups excluding carboxylic acids is 3. The van der Waals surface area contributed by atoms with Crippen LogP contribution in [0.1, 0.15) is 63.4 Å². The van der Waals surface area contributed by atoms with E-state index in [4.69, 9.17) is 4.74 Å². The lowest BCUT2D eigenvalue weighted by molar-refractivity contribution is -0.125. The van der Waals surface area contributed by atoms with Crippen molar-refractivity contribution in [2.45, 2.75) is 70.5 Å². The van der Waals surface area contributed by atoms with E-state index in [-0.39, 0.29) is 40.6 Å². The van der Waals surface area contributed by atoms with E-state index in [0.29, 0.717) is 23.7 Å². The molecular formula is C26H32FN5O4. The third-order valence-corrected chi connectivity index (χ3v) is 7.13. The summed E-state index contributed by atoms with van der Waals surface area (Å²) in [6, 6.07) is 4.39. The number of fused-ring (bicyclic) bond motifs is 1. The Morgan fingerprint density at radius 1 is 1.25 bits per heavy atom. The molecule has 0 unspecified atom stereocenters. The van der Waals surface area contributed by atoms with Crippen molar-refractivity contribution in [2.24, 2.45) is 11.3 Å². The second kappa shape index (κ2) is 9.45. The Morgan fingerprint density at radius 2 is 1.97 bits per heavy atom. The molecule has 2 aromatic rings. The molecule has 36 heavy (non-hydrogen) atoms. The van der Waals surface area contributed by atoms with E-state index in [2.05, 4.69) is 27.0 Å². The molecule has 1 aromatic carbocycles. The number of rotatable bonds is 9. The number of hydrogen-bond acceptors (Lipinski definition) is 5. The topological polar surface area (TPSA) is 136 Å². The molecule has 1 saturated heterocycles. The number of H-pyrrole nitrogens is 1. The van der Waals surface area contributed by atoms with E-state index < -0.39 is 29.7 Å².